The summed E-state index contributed by atoms with van der Waals surface area (Å²) in [4.78, 5) is 15.1. The van der Waals surface area contributed by atoms with Crippen molar-refractivity contribution in [3.8, 4) is 0 Å². The van der Waals surface area contributed by atoms with E-state index in [1.165, 1.54) is 0 Å². The Morgan fingerprint density at radius 2 is 2.25 bits per heavy atom. The van der Waals surface area contributed by atoms with E-state index in [-0.39, 0.29) is 17.3 Å². The van der Waals surface area contributed by atoms with Crippen molar-refractivity contribution >= 4 is 11.9 Å². The molecule has 1 aromatic heterocycles. The molecule has 1 unspecified atom stereocenters. The van der Waals surface area contributed by atoms with Gasteiger partial charge in [0.2, 0.25) is 11.8 Å². The predicted molar refractivity (Wildman–Crippen MR) is 60.1 cm³/mol. The number of primary amides is 1. The van der Waals surface area contributed by atoms with Crippen molar-refractivity contribution in [1.29, 1.82) is 0 Å². The Balaban J connectivity index is 2.42. The van der Waals surface area contributed by atoms with Crippen molar-refractivity contribution < 1.29 is 4.79 Å². The monoisotopic (exact) mass is 223 g/mol. The molecule has 2 heterocycles. The van der Waals surface area contributed by atoms with E-state index in [9.17, 15) is 4.79 Å². The van der Waals surface area contributed by atoms with Gasteiger partial charge in [-0.05, 0) is 11.8 Å². The Bertz CT molecular complexity index is 417. The number of carbonyl (C=O) groups is 1. The van der Waals surface area contributed by atoms with Gasteiger partial charge in [0, 0.05) is 6.54 Å². The molecule has 1 aromatic rings. The lowest BCUT2D eigenvalue weighted by atomic mass is 9.84. The summed E-state index contributed by atoms with van der Waals surface area (Å²) in [6.07, 6.45) is 0.970. The lowest BCUT2D eigenvalue weighted by molar-refractivity contribution is 0.0988. The van der Waals surface area contributed by atoms with Gasteiger partial charge in [0.15, 0.2) is 0 Å². The number of amides is 1. The Morgan fingerprint density at radius 1 is 1.56 bits per heavy atom. The molecule has 1 aliphatic rings. The molecule has 6 heteroatoms. The molecule has 1 aliphatic heterocycles. The summed E-state index contributed by atoms with van der Waals surface area (Å²) in [5.74, 6) is 0.134. The third-order valence-electron chi connectivity index (χ3n) is 2.85. The van der Waals surface area contributed by atoms with Gasteiger partial charge >= 0.3 is 0 Å². The van der Waals surface area contributed by atoms with E-state index >= 15 is 0 Å². The van der Waals surface area contributed by atoms with Crippen molar-refractivity contribution in [1.82, 2.24) is 14.8 Å². The van der Waals surface area contributed by atoms with E-state index in [4.69, 9.17) is 5.73 Å². The summed E-state index contributed by atoms with van der Waals surface area (Å²) in [7, 11) is 0. The van der Waals surface area contributed by atoms with Crippen molar-refractivity contribution in [2.45, 2.75) is 33.2 Å². The van der Waals surface area contributed by atoms with Crippen LogP contribution in [0.3, 0.4) is 0 Å². The largest absolute Gasteiger partial charge is 0.363 e. The number of nitrogens with two attached hydrogens (primary N) is 1. The Labute approximate surface area is 94.2 Å². The molecule has 2 rings (SSSR count). The Morgan fingerprint density at radius 3 is 2.81 bits per heavy atom. The first-order chi connectivity index (χ1) is 7.39. The summed E-state index contributed by atoms with van der Waals surface area (Å²) in [5, 5.41) is 7.29. The van der Waals surface area contributed by atoms with Crippen LogP contribution in [0, 0.1) is 5.41 Å². The van der Waals surface area contributed by atoms with Crippen LogP contribution in [0.25, 0.3) is 0 Å². The third kappa shape index (κ3) is 1.75. The van der Waals surface area contributed by atoms with Crippen LogP contribution in [0.15, 0.2) is 0 Å². The summed E-state index contributed by atoms with van der Waals surface area (Å²) in [6.45, 7) is 7.30. The van der Waals surface area contributed by atoms with E-state index in [0.717, 1.165) is 13.0 Å². The smallest absolute Gasteiger partial charge is 0.288 e. The minimum atomic E-state index is -0.587. The first kappa shape index (κ1) is 10.9. The average Bonchev–Trinajstić information content (AvgIpc) is 2.58. The van der Waals surface area contributed by atoms with Crippen molar-refractivity contribution in [2.24, 2.45) is 11.1 Å². The maximum Gasteiger partial charge on any atom is 0.288 e. The van der Waals surface area contributed by atoms with Gasteiger partial charge in [0.05, 0.1) is 6.04 Å². The van der Waals surface area contributed by atoms with Gasteiger partial charge < -0.3 is 11.1 Å². The minimum Gasteiger partial charge on any atom is -0.363 e. The number of carbonyl (C=O) groups excluding carboxylic acids is 1. The molecule has 0 aliphatic carbocycles. The van der Waals surface area contributed by atoms with Gasteiger partial charge in [-0.3, -0.25) is 4.79 Å². The number of nitrogens with zero attached hydrogens (tertiary/aromatic N) is 3. The molecule has 1 atom stereocenters. The molecule has 0 saturated heterocycles. The minimum absolute atomic E-state index is 0.0821. The van der Waals surface area contributed by atoms with Crippen molar-refractivity contribution in [2.75, 3.05) is 11.9 Å². The third-order valence-corrected chi connectivity index (χ3v) is 2.85. The lowest BCUT2D eigenvalue weighted by Gasteiger charge is -2.34. The van der Waals surface area contributed by atoms with Crippen molar-refractivity contribution in [3.05, 3.63) is 5.82 Å². The number of hydrogen-bond acceptors (Lipinski definition) is 4. The van der Waals surface area contributed by atoms with Gasteiger partial charge in [0.1, 0.15) is 0 Å². The number of anilines is 1. The molecule has 0 spiro atoms. The number of rotatable bonds is 1. The molecule has 0 fully saturated rings. The number of fused-ring (bicyclic) bond motifs is 1. The van der Waals surface area contributed by atoms with E-state index < -0.39 is 5.91 Å². The number of nitrogens with one attached hydrogen (secondary N) is 1. The zero-order valence-corrected chi connectivity index (χ0v) is 9.82. The fourth-order valence-corrected chi connectivity index (χ4v) is 2.01. The molecule has 0 aromatic carbocycles. The van der Waals surface area contributed by atoms with Crippen LogP contribution in [-0.4, -0.2) is 27.2 Å². The highest BCUT2D eigenvalue weighted by Crippen LogP contribution is 2.36. The maximum absolute atomic E-state index is 11.0. The maximum atomic E-state index is 11.0. The molecule has 0 saturated carbocycles. The van der Waals surface area contributed by atoms with Crippen LogP contribution < -0.4 is 11.1 Å². The van der Waals surface area contributed by atoms with Crippen LogP contribution in [-0.2, 0) is 0 Å². The zero-order valence-electron chi connectivity index (χ0n) is 9.82. The Kier molecular flexibility index (Phi) is 2.36. The van der Waals surface area contributed by atoms with Crippen LogP contribution in [0.1, 0.15) is 43.9 Å². The zero-order chi connectivity index (χ0) is 11.9. The topological polar surface area (TPSA) is 85.8 Å². The van der Waals surface area contributed by atoms with Gasteiger partial charge in [-0.2, -0.15) is 4.98 Å². The normalized spacial score (nSPS) is 20.1. The quantitative estimate of drug-likeness (QED) is 0.736. The summed E-state index contributed by atoms with van der Waals surface area (Å²) < 4.78 is 1.78. The van der Waals surface area contributed by atoms with Crippen LogP contribution in [0.4, 0.5) is 5.95 Å². The first-order valence-electron chi connectivity index (χ1n) is 5.40. The standard InChI is InChI=1S/C10H17N5O/c1-10(2,3)6-4-5-12-9-13-8(7(11)16)14-15(6)9/h6H,4-5H2,1-3H3,(H2,11,16)(H,12,13,14). The SMILES string of the molecule is CC(C)(C)C1CCNc2nc(C(N)=O)nn21. The molecule has 88 valence electrons. The summed E-state index contributed by atoms with van der Waals surface area (Å²) in [6, 6.07) is 0.240. The molecule has 3 N–H and O–H groups in total. The molecular formula is C10H17N5O. The molecule has 6 nitrogen and oxygen atoms in total. The molecule has 16 heavy (non-hydrogen) atoms. The highest BCUT2D eigenvalue weighted by atomic mass is 16.1. The van der Waals surface area contributed by atoms with E-state index in [2.05, 4.69) is 36.2 Å². The van der Waals surface area contributed by atoms with Gasteiger partial charge in [-0.15, -0.1) is 5.10 Å². The summed E-state index contributed by atoms with van der Waals surface area (Å²) in [5.41, 5.74) is 5.26. The van der Waals surface area contributed by atoms with Crippen LogP contribution >= 0.6 is 0 Å². The molecule has 0 bridgehead atoms. The average molecular weight is 223 g/mol. The van der Waals surface area contributed by atoms with Crippen molar-refractivity contribution in [3.63, 3.8) is 0 Å². The van der Waals surface area contributed by atoms with E-state index in [1.54, 1.807) is 4.68 Å². The fourth-order valence-electron chi connectivity index (χ4n) is 2.01. The van der Waals surface area contributed by atoms with Crippen LogP contribution in [0.2, 0.25) is 0 Å². The van der Waals surface area contributed by atoms with Gasteiger partial charge in [0.25, 0.3) is 5.91 Å². The fraction of sp³-hybridized carbons (Fsp3) is 0.700. The highest BCUT2D eigenvalue weighted by Gasteiger charge is 2.32. The highest BCUT2D eigenvalue weighted by molar-refractivity contribution is 5.89. The lowest BCUT2D eigenvalue weighted by Crippen LogP contribution is -2.32. The van der Waals surface area contributed by atoms with Gasteiger partial charge in [-0.25, -0.2) is 4.68 Å². The molecular weight excluding hydrogens is 206 g/mol. The second-order valence-corrected chi connectivity index (χ2v) is 5.17. The Hall–Kier alpha value is -1.59. The summed E-state index contributed by atoms with van der Waals surface area (Å²) >= 11 is 0. The van der Waals surface area contributed by atoms with Gasteiger partial charge in [-0.1, -0.05) is 20.8 Å². The molecule has 1 amide bonds. The number of hydrogen-bond donors (Lipinski definition) is 2. The van der Waals surface area contributed by atoms with Crippen LogP contribution in [0.5, 0.6) is 0 Å². The predicted octanol–water partition coefficient (Wildman–Crippen LogP) is 0.780. The second kappa shape index (κ2) is 3.47. The molecule has 0 radical (unpaired) electrons. The second-order valence-electron chi connectivity index (χ2n) is 5.17. The number of aromatic nitrogens is 3. The van der Waals surface area contributed by atoms with E-state index in [1.807, 2.05) is 0 Å². The van der Waals surface area contributed by atoms with E-state index in [0.29, 0.717) is 5.95 Å². The first-order valence-corrected chi connectivity index (χ1v) is 5.40.